The molecule has 2 amide bonds. The molecular weight excluding hydrogens is 646 g/mol. The zero-order chi connectivity index (χ0) is 35.5. The number of carbonyl (C=O) groups is 4. The van der Waals surface area contributed by atoms with Crippen LogP contribution in [0, 0.1) is 0 Å². The predicted octanol–water partition coefficient (Wildman–Crippen LogP) is 5.50. The maximum atomic E-state index is 14.0. The van der Waals surface area contributed by atoms with Gasteiger partial charge in [0, 0.05) is 35.2 Å². The highest BCUT2D eigenvalue weighted by Gasteiger charge is 2.51. The Bertz CT molecular complexity index is 1990. The maximum Gasteiger partial charge on any atom is 0.509 e. The first-order valence-electron chi connectivity index (χ1n) is 16.6. The van der Waals surface area contributed by atoms with E-state index in [-0.39, 0.29) is 54.3 Å². The maximum absolute atomic E-state index is 14.0. The second kappa shape index (κ2) is 12.3. The van der Waals surface area contributed by atoms with Gasteiger partial charge in [-0.15, -0.1) is 0 Å². The van der Waals surface area contributed by atoms with E-state index in [1.807, 2.05) is 18.2 Å². The molecule has 6 rings (SSSR count). The molecule has 0 bridgehead atoms. The Morgan fingerprint density at radius 1 is 1.04 bits per heavy atom. The molecule has 3 aliphatic rings. The second-order valence-corrected chi connectivity index (χ2v) is 18.8. The summed E-state index contributed by atoms with van der Waals surface area (Å²) in [6.45, 7) is 14.6. The summed E-state index contributed by atoms with van der Waals surface area (Å²) in [6.07, 6.45) is 2.05. The zero-order valence-corrected chi connectivity index (χ0v) is 29.9. The minimum atomic E-state index is -2.09. The van der Waals surface area contributed by atoms with Crippen LogP contribution in [0.3, 0.4) is 0 Å². The minimum Gasteiger partial charge on any atom is -0.543 e. The van der Waals surface area contributed by atoms with Crippen LogP contribution in [0.2, 0.25) is 18.1 Å². The normalized spacial score (nSPS) is 18.3. The number of cyclic esters (lactones) is 1. The molecule has 0 radical (unpaired) electrons. The van der Waals surface area contributed by atoms with Crippen molar-refractivity contribution in [3.63, 3.8) is 0 Å². The smallest absolute Gasteiger partial charge is 0.509 e. The average Bonchev–Trinajstić information content (AvgIpc) is 3.57. The lowest BCUT2D eigenvalue weighted by atomic mass is 9.85. The molecule has 13 heteroatoms. The summed E-state index contributed by atoms with van der Waals surface area (Å²) in [6, 6.07) is 7.64. The van der Waals surface area contributed by atoms with Gasteiger partial charge < -0.3 is 23.2 Å². The van der Waals surface area contributed by atoms with E-state index in [9.17, 15) is 24.0 Å². The van der Waals surface area contributed by atoms with E-state index >= 15 is 0 Å². The van der Waals surface area contributed by atoms with Gasteiger partial charge in [-0.1, -0.05) is 34.6 Å². The Labute approximate surface area is 285 Å². The number of aromatic nitrogens is 2. The van der Waals surface area contributed by atoms with Crippen LogP contribution in [0.4, 0.5) is 4.79 Å². The molecule has 0 spiro atoms. The van der Waals surface area contributed by atoms with Crippen molar-refractivity contribution in [1.29, 1.82) is 0 Å². The molecular formula is C36H41N3O9Si. The van der Waals surface area contributed by atoms with Gasteiger partial charge in [-0.3, -0.25) is 19.3 Å². The summed E-state index contributed by atoms with van der Waals surface area (Å²) in [4.78, 5) is 70.0. The Kier molecular flexibility index (Phi) is 8.54. The van der Waals surface area contributed by atoms with Crippen LogP contribution in [0.5, 0.6) is 5.75 Å². The number of nitrogens with zero attached hydrogens (tertiary/aromatic N) is 3. The monoisotopic (exact) mass is 687 g/mol. The molecule has 1 atom stereocenters. The van der Waals surface area contributed by atoms with Gasteiger partial charge in [0.2, 0.25) is 13.9 Å². The van der Waals surface area contributed by atoms with Gasteiger partial charge in [-0.2, -0.15) is 0 Å². The van der Waals surface area contributed by atoms with Gasteiger partial charge in [-0.25, -0.2) is 14.6 Å². The molecule has 49 heavy (non-hydrogen) atoms. The van der Waals surface area contributed by atoms with Crippen molar-refractivity contribution in [2.45, 2.75) is 90.8 Å². The fourth-order valence-electron chi connectivity index (χ4n) is 6.41. The third-order valence-electron chi connectivity index (χ3n) is 10.2. The molecule has 0 aliphatic carbocycles. The van der Waals surface area contributed by atoms with E-state index in [1.54, 1.807) is 17.6 Å². The topological polar surface area (TPSA) is 143 Å². The van der Waals surface area contributed by atoms with Gasteiger partial charge >= 0.3 is 12.1 Å². The molecule has 1 aromatic carbocycles. The van der Waals surface area contributed by atoms with E-state index in [2.05, 4.69) is 40.8 Å². The first-order valence-corrected chi connectivity index (χ1v) is 19.5. The lowest BCUT2D eigenvalue weighted by Crippen LogP contribution is -2.47. The fraction of sp³-hybridized carbons (Fsp3) is 0.444. The van der Waals surface area contributed by atoms with Gasteiger partial charge in [0.25, 0.3) is 17.4 Å². The van der Waals surface area contributed by atoms with Gasteiger partial charge in [-0.05, 0) is 67.2 Å². The highest BCUT2D eigenvalue weighted by Crippen LogP contribution is 2.43. The van der Waals surface area contributed by atoms with E-state index in [0.29, 0.717) is 24.4 Å². The standard InChI is InChI=1S/C36H41N3O9Si/c1-8-22-23-17-21(48-49(6,7)35(3,4)5)11-12-27(23)37-31-24(22)19-39-28(31)18-26-25(32(39)42)20-46-33(43)36(26,9-2)47-34(44)45-16-10-15-38-29(40)13-14-30(38)41/h11-14,17-18H,8-10,15-16,19-20H2,1-7H3/t36-/m0/s1. The van der Waals surface area contributed by atoms with Crippen molar-refractivity contribution >= 4 is 43.2 Å². The van der Waals surface area contributed by atoms with Crippen LogP contribution in [-0.4, -0.2) is 59.9 Å². The minimum absolute atomic E-state index is 0.0193. The molecule has 0 N–H and O–H groups in total. The van der Waals surface area contributed by atoms with Crippen LogP contribution in [0.15, 0.2) is 41.2 Å². The third kappa shape index (κ3) is 5.73. The summed E-state index contributed by atoms with van der Waals surface area (Å²) in [5, 5.41) is 0.992. The molecule has 0 saturated carbocycles. The number of hydrogen-bond donors (Lipinski definition) is 0. The number of imide groups is 1. The molecule has 3 aromatic rings. The number of aryl methyl sites for hydroxylation is 1. The number of fused-ring (bicyclic) bond motifs is 5. The first kappa shape index (κ1) is 34.1. The van der Waals surface area contributed by atoms with Gasteiger partial charge in [0.05, 0.1) is 35.6 Å². The number of esters is 1. The Hall–Kier alpha value is -4.78. The lowest BCUT2D eigenvalue weighted by Gasteiger charge is -2.36. The van der Waals surface area contributed by atoms with Crippen molar-refractivity contribution in [2.24, 2.45) is 0 Å². The fourth-order valence-corrected chi connectivity index (χ4v) is 7.44. The van der Waals surface area contributed by atoms with Crippen molar-refractivity contribution < 1.29 is 37.8 Å². The number of ether oxygens (including phenoxy) is 3. The SMILES string of the molecule is CCc1c2c(nc3ccc(O[Si](C)(C)C(C)(C)C)cc13)-c1cc3c(c(=O)n1C2)COC(=O)[C@@]3(CC)OC(=O)OCCCN1C(=O)C=CC1=O. The van der Waals surface area contributed by atoms with E-state index in [1.165, 1.54) is 12.2 Å². The van der Waals surface area contributed by atoms with E-state index in [4.69, 9.17) is 23.6 Å². The molecule has 2 aromatic heterocycles. The van der Waals surface area contributed by atoms with Crippen molar-refractivity contribution in [1.82, 2.24) is 14.5 Å². The molecule has 5 heterocycles. The van der Waals surface area contributed by atoms with Crippen molar-refractivity contribution in [3.8, 4) is 17.1 Å². The summed E-state index contributed by atoms with van der Waals surface area (Å²) in [5.41, 5.74) is 2.07. The second-order valence-electron chi connectivity index (χ2n) is 14.1. The van der Waals surface area contributed by atoms with Crippen LogP contribution in [-0.2, 0) is 53.8 Å². The predicted molar refractivity (Wildman–Crippen MR) is 182 cm³/mol. The highest BCUT2D eigenvalue weighted by atomic mass is 28.4. The van der Waals surface area contributed by atoms with Crippen LogP contribution >= 0.6 is 0 Å². The van der Waals surface area contributed by atoms with Crippen molar-refractivity contribution in [3.05, 3.63) is 69.0 Å². The Morgan fingerprint density at radius 2 is 1.76 bits per heavy atom. The quantitative estimate of drug-likeness (QED) is 0.0958. The number of carbonyl (C=O) groups excluding carboxylic acids is 4. The first-order chi connectivity index (χ1) is 23.1. The summed E-state index contributed by atoms with van der Waals surface area (Å²) in [7, 11) is -2.09. The Morgan fingerprint density at radius 3 is 2.41 bits per heavy atom. The van der Waals surface area contributed by atoms with Crippen molar-refractivity contribution in [2.75, 3.05) is 13.2 Å². The number of benzene rings is 1. The third-order valence-corrected chi connectivity index (χ3v) is 14.5. The summed E-state index contributed by atoms with van der Waals surface area (Å²) in [5.74, 6) is -0.890. The van der Waals surface area contributed by atoms with E-state index < -0.39 is 37.9 Å². The average molecular weight is 688 g/mol. The van der Waals surface area contributed by atoms with Crippen LogP contribution < -0.4 is 9.99 Å². The van der Waals surface area contributed by atoms with Crippen LogP contribution in [0.1, 0.15) is 69.7 Å². The Balaban J connectivity index is 1.32. The number of hydrogen-bond acceptors (Lipinski definition) is 10. The van der Waals surface area contributed by atoms with Gasteiger partial charge in [0.15, 0.2) is 0 Å². The molecule has 12 nitrogen and oxygen atoms in total. The number of rotatable bonds is 9. The highest BCUT2D eigenvalue weighted by molar-refractivity contribution is 6.74. The molecule has 258 valence electrons. The summed E-state index contributed by atoms with van der Waals surface area (Å²) < 4.78 is 24.6. The molecule has 0 fully saturated rings. The van der Waals surface area contributed by atoms with Crippen LogP contribution in [0.25, 0.3) is 22.3 Å². The number of pyridine rings is 2. The largest absolute Gasteiger partial charge is 0.543 e. The molecule has 0 unspecified atom stereocenters. The lowest BCUT2D eigenvalue weighted by molar-refractivity contribution is -0.175. The molecule has 3 aliphatic heterocycles. The summed E-state index contributed by atoms with van der Waals surface area (Å²) >= 11 is 0. The molecule has 0 saturated heterocycles. The number of amides is 2. The zero-order valence-electron chi connectivity index (χ0n) is 28.9. The van der Waals surface area contributed by atoms with E-state index in [0.717, 1.165) is 32.7 Å². The van der Waals surface area contributed by atoms with Gasteiger partial charge in [0.1, 0.15) is 12.4 Å².